The third-order valence-electron chi connectivity index (χ3n) is 5.97. The Morgan fingerprint density at radius 3 is 2.59 bits per heavy atom. The van der Waals surface area contributed by atoms with E-state index in [-0.39, 0.29) is 25.0 Å². The lowest BCUT2D eigenvalue weighted by Gasteiger charge is -2.43. The number of piperidine rings is 1. The summed E-state index contributed by atoms with van der Waals surface area (Å²) in [5.74, 6) is 0.747. The van der Waals surface area contributed by atoms with Gasteiger partial charge < -0.3 is 9.64 Å². The molecular formula is C25H31Cl2NO5S. The molecule has 186 valence electrons. The molecule has 2 aromatic rings. The molecule has 0 radical (unpaired) electrons. The first-order chi connectivity index (χ1) is 16.0. The van der Waals surface area contributed by atoms with E-state index in [0.29, 0.717) is 29.6 Å². The van der Waals surface area contributed by atoms with Gasteiger partial charge in [-0.05, 0) is 68.5 Å². The molecule has 0 saturated carbocycles. The minimum atomic E-state index is -3.57. The standard InChI is InChI=1S/C25H31Cl2NO5S/c1-18(2)33-21-7-4-6-19(14-21)15-24(29)28-12-5-10-25(17-28,11-13-32-34(3,30)31)20-8-9-22(26)23(27)16-20/h4,6-9,14,16,18H,5,10-13,15,17H2,1-3H3/t25-/m1/s1. The molecule has 0 spiro atoms. The Kier molecular flexibility index (Phi) is 8.90. The molecule has 0 aliphatic carbocycles. The predicted molar refractivity (Wildman–Crippen MR) is 135 cm³/mol. The van der Waals surface area contributed by atoms with E-state index in [0.717, 1.165) is 36.0 Å². The highest BCUT2D eigenvalue weighted by atomic mass is 35.5. The third-order valence-corrected chi connectivity index (χ3v) is 7.30. The van der Waals surface area contributed by atoms with Crippen LogP contribution >= 0.6 is 23.2 Å². The Hall–Kier alpha value is -1.80. The number of carbonyl (C=O) groups is 1. The molecule has 1 aliphatic rings. The summed E-state index contributed by atoms with van der Waals surface area (Å²) in [6, 6.07) is 13.0. The van der Waals surface area contributed by atoms with Crippen molar-refractivity contribution in [2.24, 2.45) is 0 Å². The van der Waals surface area contributed by atoms with Gasteiger partial charge in [0.15, 0.2) is 0 Å². The van der Waals surface area contributed by atoms with Gasteiger partial charge in [-0.25, -0.2) is 0 Å². The van der Waals surface area contributed by atoms with E-state index >= 15 is 0 Å². The molecule has 1 fully saturated rings. The summed E-state index contributed by atoms with van der Waals surface area (Å²) in [4.78, 5) is 15.1. The monoisotopic (exact) mass is 527 g/mol. The van der Waals surface area contributed by atoms with Gasteiger partial charge in [0.1, 0.15) is 5.75 Å². The summed E-state index contributed by atoms with van der Waals surface area (Å²) >= 11 is 12.4. The highest BCUT2D eigenvalue weighted by molar-refractivity contribution is 7.85. The van der Waals surface area contributed by atoms with Crippen LogP contribution in [0.3, 0.4) is 0 Å². The summed E-state index contributed by atoms with van der Waals surface area (Å²) in [6.45, 7) is 5.02. The molecule has 0 N–H and O–H groups in total. The van der Waals surface area contributed by atoms with E-state index in [1.165, 1.54) is 0 Å². The highest BCUT2D eigenvalue weighted by Gasteiger charge is 2.39. The van der Waals surface area contributed by atoms with Crippen LogP contribution in [0.15, 0.2) is 42.5 Å². The number of rotatable bonds is 9. The maximum absolute atomic E-state index is 13.3. The van der Waals surface area contributed by atoms with Gasteiger partial charge in [-0.2, -0.15) is 8.42 Å². The SMILES string of the molecule is CC(C)Oc1cccc(CC(=O)N2CCC[C@](CCOS(C)(=O)=O)(c3ccc(Cl)c(Cl)c3)C2)c1. The van der Waals surface area contributed by atoms with E-state index in [1.807, 2.05) is 55.1 Å². The van der Waals surface area contributed by atoms with Gasteiger partial charge in [0, 0.05) is 18.5 Å². The molecule has 34 heavy (non-hydrogen) atoms. The summed E-state index contributed by atoms with van der Waals surface area (Å²) < 4.78 is 33.9. The van der Waals surface area contributed by atoms with Crippen LogP contribution in [-0.4, -0.2) is 51.3 Å². The Morgan fingerprint density at radius 1 is 1.15 bits per heavy atom. The van der Waals surface area contributed by atoms with Crippen LogP contribution in [0.25, 0.3) is 0 Å². The number of ether oxygens (including phenoxy) is 1. The summed E-state index contributed by atoms with van der Waals surface area (Å²) in [7, 11) is -3.57. The Morgan fingerprint density at radius 2 is 1.91 bits per heavy atom. The van der Waals surface area contributed by atoms with Crippen LogP contribution < -0.4 is 4.74 Å². The van der Waals surface area contributed by atoms with Crippen molar-refractivity contribution in [3.8, 4) is 5.75 Å². The number of hydrogen-bond donors (Lipinski definition) is 0. The first-order valence-electron chi connectivity index (χ1n) is 11.3. The lowest BCUT2D eigenvalue weighted by molar-refractivity contribution is -0.132. The minimum absolute atomic E-state index is 0.00913. The van der Waals surface area contributed by atoms with Crippen LogP contribution in [0.1, 0.15) is 44.2 Å². The van der Waals surface area contributed by atoms with Crippen molar-refractivity contribution in [3.05, 3.63) is 63.6 Å². The van der Waals surface area contributed by atoms with Gasteiger partial charge in [0.2, 0.25) is 5.91 Å². The van der Waals surface area contributed by atoms with Crippen LogP contribution in [0.4, 0.5) is 0 Å². The van der Waals surface area contributed by atoms with E-state index in [9.17, 15) is 13.2 Å². The molecule has 0 aromatic heterocycles. The zero-order valence-electron chi connectivity index (χ0n) is 19.7. The number of benzene rings is 2. The maximum atomic E-state index is 13.3. The second-order valence-corrected chi connectivity index (χ2v) is 11.6. The molecule has 1 heterocycles. The van der Waals surface area contributed by atoms with Gasteiger partial charge in [-0.3, -0.25) is 8.98 Å². The van der Waals surface area contributed by atoms with E-state index < -0.39 is 15.5 Å². The van der Waals surface area contributed by atoms with Crippen molar-refractivity contribution in [2.75, 3.05) is 26.0 Å². The van der Waals surface area contributed by atoms with E-state index in [1.54, 1.807) is 6.07 Å². The fourth-order valence-electron chi connectivity index (χ4n) is 4.43. The minimum Gasteiger partial charge on any atom is -0.491 e. The normalized spacial score (nSPS) is 18.8. The molecule has 3 rings (SSSR count). The average molecular weight is 528 g/mol. The number of carbonyl (C=O) groups excluding carboxylic acids is 1. The van der Waals surface area contributed by atoms with Crippen molar-refractivity contribution in [3.63, 3.8) is 0 Å². The summed E-state index contributed by atoms with van der Waals surface area (Å²) in [5, 5.41) is 0.869. The van der Waals surface area contributed by atoms with Crippen LogP contribution in [0.2, 0.25) is 10.0 Å². The molecule has 1 atom stereocenters. The van der Waals surface area contributed by atoms with Crippen molar-refractivity contribution >= 4 is 39.2 Å². The molecule has 2 aromatic carbocycles. The molecular weight excluding hydrogens is 497 g/mol. The van der Waals surface area contributed by atoms with E-state index in [4.69, 9.17) is 32.1 Å². The first-order valence-corrected chi connectivity index (χ1v) is 13.9. The summed E-state index contributed by atoms with van der Waals surface area (Å²) in [6.07, 6.45) is 3.33. The lowest BCUT2D eigenvalue weighted by Crippen LogP contribution is -2.49. The van der Waals surface area contributed by atoms with Crippen LogP contribution in [0, 0.1) is 0 Å². The van der Waals surface area contributed by atoms with Gasteiger partial charge in [0.25, 0.3) is 10.1 Å². The number of amides is 1. The third kappa shape index (κ3) is 7.35. The quantitative estimate of drug-likeness (QED) is 0.416. The average Bonchev–Trinajstić information content (AvgIpc) is 2.74. The van der Waals surface area contributed by atoms with Gasteiger partial charge in [-0.15, -0.1) is 0 Å². The second kappa shape index (κ2) is 11.3. The number of halogens is 2. The zero-order chi connectivity index (χ0) is 24.9. The van der Waals surface area contributed by atoms with Gasteiger partial charge >= 0.3 is 0 Å². The molecule has 1 aliphatic heterocycles. The summed E-state index contributed by atoms with van der Waals surface area (Å²) in [5.41, 5.74) is 1.31. The van der Waals surface area contributed by atoms with Crippen molar-refractivity contribution in [2.45, 2.75) is 51.0 Å². The number of likely N-dealkylation sites (tertiary alicyclic amines) is 1. The van der Waals surface area contributed by atoms with Crippen molar-refractivity contribution in [1.29, 1.82) is 0 Å². The highest BCUT2D eigenvalue weighted by Crippen LogP contribution is 2.40. The number of nitrogens with zero attached hydrogens (tertiary/aromatic N) is 1. The second-order valence-electron chi connectivity index (χ2n) is 9.09. The molecule has 6 nitrogen and oxygen atoms in total. The molecule has 0 unspecified atom stereocenters. The van der Waals surface area contributed by atoms with Gasteiger partial charge in [-0.1, -0.05) is 41.4 Å². The Balaban J connectivity index is 1.81. The molecule has 1 saturated heterocycles. The first kappa shape index (κ1) is 26.8. The van der Waals surface area contributed by atoms with Gasteiger partial charge in [0.05, 0.1) is 35.4 Å². The fraction of sp³-hybridized carbons (Fsp3) is 0.480. The fourth-order valence-corrected chi connectivity index (χ4v) is 5.11. The number of hydrogen-bond acceptors (Lipinski definition) is 5. The topological polar surface area (TPSA) is 72.9 Å². The predicted octanol–water partition coefficient (Wildman–Crippen LogP) is 5.25. The molecule has 9 heteroatoms. The molecule has 1 amide bonds. The van der Waals surface area contributed by atoms with Crippen LogP contribution in [0.5, 0.6) is 5.75 Å². The smallest absolute Gasteiger partial charge is 0.264 e. The largest absolute Gasteiger partial charge is 0.491 e. The maximum Gasteiger partial charge on any atom is 0.264 e. The molecule has 0 bridgehead atoms. The van der Waals surface area contributed by atoms with Crippen molar-refractivity contribution < 1.29 is 22.1 Å². The van der Waals surface area contributed by atoms with E-state index in [2.05, 4.69) is 0 Å². The lowest BCUT2D eigenvalue weighted by atomic mass is 9.72. The van der Waals surface area contributed by atoms with Crippen molar-refractivity contribution in [1.82, 2.24) is 4.90 Å². The zero-order valence-corrected chi connectivity index (χ0v) is 22.0. The Labute approximate surface area is 212 Å². The Bertz CT molecular complexity index is 1120. The van der Waals surface area contributed by atoms with Crippen LogP contribution in [-0.2, 0) is 30.9 Å².